The maximum Gasteiger partial charge on any atom is 0.227 e. The first-order valence-corrected chi connectivity index (χ1v) is 9.12. The SMILES string of the molecule is O=C(CCCOc1ccccc1)N1CC[C@@]23OCCCN2C(=O)C[C@@H]13. The molecule has 3 saturated heterocycles. The Bertz CT molecular complexity index is 650. The van der Waals surface area contributed by atoms with Gasteiger partial charge in [0.2, 0.25) is 11.8 Å². The van der Waals surface area contributed by atoms with Gasteiger partial charge < -0.3 is 19.3 Å². The molecular weight excluding hydrogens is 320 g/mol. The van der Waals surface area contributed by atoms with Crippen molar-refractivity contribution in [2.45, 2.75) is 43.9 Å². The van der Waals surface area contributed by atoms with Crippen LogP contribution < -0.4 is 4.74 Å². The first kappa shape index (κ1) is 16.4. The van der Waals surface area contributed by atoms with Crippen molar-refractivity contribution in [2.75, 3.05) is 26.3 Å². The minimum atomic E-state index is -0.550. The highest BCUT2D eigenvalue weighted by Crippen LogP contribution is 2.45. The van der Waals surface area contributed by atoms with Crippen molar-refractivity contribution in [2.24, 2.45) is 0 Å². The van der Waals surface area contributed by atoms with Gasteiger partial charge in [-0.05, 0) is 25.0 Å². The molecule has 2 atom stereocenters. The van der Waals surface area contributed by atoms with Crippen LogP contribution in [-0.4, -0.2) is 59.7 Å². The molecule has 3 aliphatic heterocycles. The minimum Gasteiger partial charge on any atom is -0.494 e. The van der Waals surface area contributed by atoms with E-state index in [0.717, 1.165) is 25.1 Å². The normalized spacial score (nSPS) is 28.0. The Hall–Kier alpha value is -2.08. The van der Waals surface area contributed by atoms with E-state index in [1.54, 1.807) is 0 Å². The third kappa shape index (κ3) is 2.88. The first-order valence-electron chi connectivity index (χ1n) is 9.12. The highest BCUT2D eigenvalue weighted by atomic mass is 16.5. The maximum atomic E-state index is 12.7. The second-order valence-electron chi connectivity index (χ2n) is 6.91. The molecule has 6 nitrogen and oxygen atoms in total. The van der Waals surface area contributed by atoms with Crippen LogP contribution in [-0.2, 0) is 14.3 Å². The van der Waals surface area contributed by atoms with Crippen LogP contribution in [0.2, 0.25) is 0 Å². The number of nitrogens with zero attached hydrogens (tertiary/aromatic N) is 2. The van der Waals surface area contributed by atoms with E-state index in [-0.39, 0.29) is 17.9 Å². The largest absolute Gasteiger partial charge is 0.494 e. The molecule has 3 aliphatic rings. The fourth-order valence-corrected chi connectivity index (χ4v) is 4.32. The Morgan fingerprint density at radius 2 is 2.12 bits per heavy atom. The van der Waals surface area contributed by atoms with Crippen molar-refractivity contribution in [3.8, 4) is 5.75 Å². The number of carbonyl (C=O) groups excluding carboxylic acids is 2. The van der Waals surface area contributed by atoms with Gasteiger partial charge in [0.1, 0.15) is 5.75 Å². The molecule has 0 bridgehead atoms. The molecule has 0 aromatic heterocycles. The fraction of sp³-hybridized carbons (Fsp3) is 0.579. The number of para-hydroxylation sites is 1. The lowest BCUT2D eigenvalue weighted by Crippen LogP contribution is -2.56. The molecule has 3 heterocycles. The second-order valence-corrected chi connectivity index (χ2v) is 6.91. The van der Waals surface area contributed by atoms with Crippen molar-refractivity contribution in [1.82, 2.24) is 9.80 Å². The van der Waals surface area contributed by atoms with Crippen LogP contribution in [0.15, 0.2) is 30.3 Å². The van der Waals surface area contributed by atoms with E-state index in [0.29, 0.717) is 39.0 Å². The van der Waals surface area contributed by atoms with E-state index in [9.17, 15) is 9.59 Å². The van der Waals surface area contributed by atoms with E-state index in [4.69, 9.17) is 9.47 Å². The lowest BCUT2D eigenvalue weighted by Gasteiger charge is -2.42. The monoisotopic (exact) mass is 344 g/mol. The zero-order valence-electron chi connectivity index (χ0n) is 14.4. The van der Waals surface area contributed by atoms with Crippen LogP contribution in [0.4, 0.5) is 0 Å². The van der Waals surface area contributed by atoms with E-state index >= 15 is 0 Å². The van der Waals surface area contributed by atoms with Gasteiger partial charge in [0, 0.05) is 25.9 Å². The van der Waals surface area contributed by atoms with Gasteiger partial charge in [0.25, 0.3) is 0 Å². The maximum absolute atomic E-state index is 12.7. The molecule has 2 amide bonds. The standard InChI is InChI=1S/C19H24N2O4/c22-17(8-4-12-24-15-6-2-1-3-7-15)20-11-9-19-16(20)14-18(23)21(19)10-5-13-25-19/h1-3,6-7,16H,4-5,8-14H2/t16-,19+/m1/s1. The van der Waals surface area contributed by atoms with Crippen LogP contribution in [0.5, 0.6) is 5.75 Å². The van der Waals surface area contributed by atoms with Crippen LogP contribution >= 0.6 is 0 Å². The summed E-state index contributed by atoms with van der Waals surface area (Å²) < 4.78 is 11.7. The third-order valence-corrected chi connectivity index (χ3v) is 5.48. The second kappa shape index (κ2) is 6.67. The number of likely N-dealkylation sites (tertiary alicyclic amines) is 1. The Balaban J connectivity index is 1.32. The zero-order valence-corrected chi connectivity index (χ0v) is 14.4. The lowest BCUT2D eigenvalue weighted by molar-refractivity contribution is -0.181. The molecular formula is C19H24N2O4. The molecule has 6 heteroatoms. The van der Waals surface area contributed by atoms with Gasteiger partial charge in [-0.1, -0.05) is 18.2 Å². The lowest BCUT2D eigenvalue weighted by atomic mass is 10.0. The van der Waals surface area contributed by atoms with Crippen molar-refractivity contribution < 1.29 is 19.1 Å². The fourth-order valence-electron chi connectivity index (χ4n) is 4.32. The van der Waals surface area contributed by atoms with Crippen molar-refractivity contribution in [3.05, 3.63) is 30.3 Å². The van der Waals surface area contributed by atoms with Gasteiger partial charge in [-0.15, -0.1) is 0 Å². The summed E-state index contributed by atoms with van der Waals surface area (Å²) in [6, 6.07) is 9.49. The van der Waals surface area contributed by atoms with Crippen LogP contribution in [0, 0.1) is 0 Å². The molecule has 3 fully saturated rings. The van der Waals surface area contributed by atoms with E-state index < -0.39 is 5.72 Å². The van der Waals surface area contributed by atoms with E-state index in [1.165, 1.54) is 0 Å². The van der Waals surface area contributed by atoms with Gasteiger partial charge in [-0.3, -0.25) is 9.59 Å². The predicted molar refractivity (Wildman–Crippen MR) is 90.9 cm³/mol. The first-order chi connectivity index (χ1) is 12.2. The Morgan fingerprint density at radius 1 is 1.28 bits per heavy atom. The smallest absolute Gasteiger partial charge is 0.227 e. The molecule has 0 aliphatic carbocycles. The summed E-state index contributed by atoms with van der Waals surface area (Å²) in [5.74, 6) is 1.04. The number of rotatable bonds is 5. The molecule has 0 radical (unpaired) electrons. The molecule has 4 rings (SSSR count). The number of carbonyl (C=O) groups is 2. The highest BCUT2D eigenvalue weighted by molar-refractivity contribution is 5.84. The number of benzene rings is 1. The molecule has 1 aromatic rings. The van der Waals surface area contributed by atoms with Crippen LogP contribution in [0.25, 0.3) is 0 Å². The summed E-state index contributed by atoms with van der Waals surface area (Å²) in [7, 11) is 0. The average Bonchev–Trinajstić information content (AvgIpc) is 3.12. The van der Waals surface area contributed by atoms with Gasteiger partial charge in [0.15, 0.2) is 5.72 Å². The van der Waals surface area contributed by atoms with Gasteiger partial charge in [0.05, 0.1) is 25.7 Å². The van der Waals surface area contributed by atoms with Gasteiger partial charge in [-0.25, -0.2) is 0 Å². The average molecular weight is 344 g/mol. The quantitative estimate of drug-likeness (QED) is 0.764. The highest BCUT2D eigenvalue weighted by Gasteiger charge is 2.61. The summed E-state index contributed by atoms with van der Waals surface area (Å²) in [5, 5.41) is 0. The van der Waals surface area contributed by atoms with Gasteiger partial charge >= 0.3 is 0 Å². The van der Waals surface area contributed by atoms with Crippen molar-refractivity contribution in [1.29, 1.82) is 0 Å². The van der Waals surface area contributed by atoms with E-state index in [1.807, 2.05) is 40.1 Å². The van der Waals surface area contributed by atoms with Crippen molar-refractivity contribution >= 4 is 11.8 Å². The van der Waals surface area contributed by atoms with E-state index in [2.05, 4.69) is 0 Å². The molecule has 0 N–H and O–H groups in total. The predicted octanol–water partition coefficient (Wildman–Crippen LogP) is 1.80. The summed E-state index contributed by atoms with van der Waals surface area (Å²) in [6.07, 6.45) is 3.11. The number of ether oxygens (including phenoxy) is 2. The Labute approximate surface area is 147 Å². The van der Waals surface area contributed by atoms with Gasteiger partial charge in [-0.2, -0.15) is 0 Å². The number of hydrogen-bond acceptors (Lipinski definition) is 4. The summed E-state index contributed by atoms with van der Waals surface area (Å²) >= 11 is 0. The number of amides is 2. The third-order valence-electron chi connectivity index (χ3n) is 5.48. The molecule has 25 heavy (non-hydrogen) atoms. The van der Waals surface area contributed by atoms with Crippen molar-refractivity contribution in [3.63, 3.8) is 0 Å². The minimum absolute atomic E-state index is 0.0994. The zero-order chi connectivity index (χ0) is 17.3. The Morgan fingerprint density at radius 3 is 2.96 bits per heavy atom. The van der Waals surface area contributed by atoms with Crippen LogP contribution in [0.3, 0.4) is 0 Å². The molecule has 1 spiro atoms. The Kier molecular flexibility index (Phi) is 4.37. The summed E-state index contributed by atoms with van der Waals surface area (Å²) in [4.78, 5) is 28.7. The molecule has 1 aromatic carbocycles. The topological polar surface area (TPSA) is 59.1 Å². The summed E-state index contributed by atoms with van der Waals surface area (Å²) in [6.45, 7) is 2.61. The molecule has 0 saturated carbocycles. The van der Waals surface area contributed by atoms with Crippen LogP contribution in [0.1, 0.15) is 32.1 Å². The number of hydrogen-bond donors (Lipinski definition) is 0. The summed E-state index contributed by atoms with van der Waals surface area (Å²) in [5.41, 5.74) is -0.550. The molecule has 134 valence electrons. The molecule has 0 unspecified atom stereocenters.